The van der Waals surface area contributed by atoms with Gasteiger partial charge in [0.15, 0.2) is 11.5 Å². The van der Waals surface area contributed by atoms with Crippen molar-refractivity contribution in [3.05, 3.63) is 89.8 Å². The van der Waals surface area contributed by atoms with Crippen molar-refractivity contribution in [2.24, 2.45) is 10.7 Å². The van der Waals surface area contributed by atoms with Gasteiger partial charge in [0.2, 0.25) is 0 Å². The van der Waals surface area contributed by atoms with Crippen LogP contribution in [0.15, 0.2) is 65.9 Å². The van der Waals surface area contributed by atoms with Crippen molar-refractivity contribution >= 4 is 11.9 Å². The molecule has 7 heteroatoms. The van der Waals surface area contributed by atoms with E-state index < -0.39 is 23.1 Å². The molecule has 1 radical (unpaired) electrons. The molecule has 1 aromatic heterocycles. The van der Waals surface area contributed by atoms with E-state index in [0.29, 0.717) is 11.1 Å². The standard InChI is InChI=1S/C20H13F2N4O/c21-15-8-12(10-24-11-15)16-9-14(6-7-17(16)22)20(13-4-2-1-3-5-13)18(27)25-19(23)26-20/h2-11H,(H3,23,25,26,27). The predicted molar refractivity (Wildman–Crippen MR) is 95.4 cm³/mol. The van der Waals surface area contributed by atoms with Gasteiger partial charge >= 0.3 is 0 Å². The van der Waals surface area contributed by atoms with Crippen LogP contribution in [0.5, 0.6) is 0 Å². The number of guanidine groups is 1. The first kappa shape index (κ1) is 16.8. The highest BCUT2D eigenvalue weighted by Crippen LogP contribution is 2.38. The Morgan fingerprint density at radius 2 is 1.81 bits per heavy atom. The summed E-state index contributed by atoms with van der Waals surface area (Å²) in [5, 5.41) is 2.50. The Balaban J connectivity index is 1.95. The first-order valence-corrected chi connectivity index (χ1v) is 8.05. The monoisotopic (exact) mass is 363 g/mol. The lowest BCUT2D eigenvalue weighted by Gasteiger charge is -2.25. The minimum absolute atomic E-state index is 0.0360. The van der Waals surface area contributed by atoms with Crippen LogP contribution in [0.4, 0.5) is 8.78 Å². The number of nitrogens with two attached hydrogens (primary N) is 1. The number of carbonyl (C=O) groups is 1. The summed E-state index contributed by atoms with van der Waals surface area (Å²) in [7, 11) is 0. The van der Waals surface area contributed by atoms with Crippen molar-refractivity contribution in [3.8, 4) is 11.1 Å². The summed E-state index contributed by atoms with van der Waals surface area (Å²) in [4.78, 5) is 20.9. The molecule has 3 aromatic rings. The number of rotatable bonds is 3. The molecule has 1 aliphatic rings. The van der Waals surface area contributed by atoms with E-state index in [0.717, 1.165) is 6.20 Å². The minimum atomic E-state index is -1.47. The molecule has 0 bridgehead atoms. The van der Waals surface area contributed by atoms with E-state index in [1.165, 1.54) is 30.5 Å². The first-order valence-electron chi connectivity index (χ1n) is 8.05. The molecule has 27 heavy (non-hydrogen) atoms. The fourth-order valence-corrected chi connectivity index (χ4v) is 3.18. The van der Waals surface area contributed by atoms with Crippen LogP contribution < -0.4 is 11.1 Å². The van der Waals surface area contributed by atoms with E-state index in [4.69, 9.17) is 5.73 Å². The third kappa shape index (κ3) is 2.73. The second kappa shape index (κ2) is 6.28. The van der Waals surface area contributed by atoms with E-state index in [-0.39, 0.29) is 17.1 Å². The lowest BCUT2D eigenvalue weighted by molar-refractivity contribution is -0.122. The van der Waals surface area contributed by atoms with Gasteiger partial charge < -0.3 is 5.73 Å². The van der Waals surface area contributed by atoms with Crippen LogP contribution in [0.1, 0.15) is 11.1 Å². The zero-order valence-electron chi connectivity index (χ0n) is 13.9. The molecule has 0 saturated heterocycles. The van der Waals surface area contributed by atoms with E-state index in [9.17, 15) is 13.6 Å². The van der Waals surface area contributed by atoms with Gasteiger partial charge in [-0.2, -0.15) is 0 Å². The van der Waals surface area contributed by atoms with E-state index >= 15 is 0 Å². The summed E-state index contributed by atoms with van der Waals surface area (Å²) in [6.07, 6.45) is 2.38. The largest absolute Gasteiger partial charge is 0.370 e. The van der Waals surface area contributed by atoms with Crippen molar-refractivity contribution in [1.29, 1.82) is 0 Å². The molecule has 1 amide bonds. The quantitative estimate of drug-likeness (QED) is 0.750. The lowest BCUT2D eigenvalue weighted by Crippen LogP contribution is -2.39. The van der Waals surface area contributed by atoms with E-state index in [1.54, 1.807) is 24.3 Å². The summed E-state index contributed by atoms with van der Waals surface area (Å²) in [5.41, 5.74) is 5.58. The number of aliphatic imine (C=N–C) groups is 1. The van der Waals surface area contributed by atoms with Crippen molar-refractivity contribution in [2.75, 3.05) is 0 Å². The molecule has 1 aliphatic heterocycles. The molecule has 1 unspecified atom stereocenters. The van der Waals surface area contributed by atoms with Gasteiger partial charge in [0.05, 0.1) is 6.20 Å². The Kier molecular flexibility index (Phi) is 3.92. The molecule has 1 atom stereocenters. The number of amides is 1. The Labute approximate surface area is 153 Å². The highest BCUT2D eigenvalue weighted by Gasteiger charge is 2.46. The molecular formula is C20H13F2N4O. The lowest BCUT2D eigenvalue weighted by atomic mass is 9.82. The summed E-state index contributed by atoms with van der Waals surface area (Å²) >= 11 is 0. The van der Waals surface area contributed by atoms with E-state index in [1.807, 2.05) is 0 Å². The second-order valence-electron chi connectivity index (χ2n) is 6.04. The number of pyridine rings is 1. The topological polar surface area (TPSA) is 80.4 Å². The van der Waals surface area contributed by atoms with E-state index in [2.05, 4.69) is 21.4 Å². The Morgan fingerprint density at radius 3 is 2.48 bits per heavy atom. The summed E-state index contributed by atoms with van der Waals surface area (Å²) in [6.45, 7) is 0. The zero-order valence-corrected chi connectivity index (χ0v) is 13.9. The Bertz CT molecular complexity index is 1070. The van der Waals surface area contributed by atoms with Crippen LogP contribution >= 0.6 is 0 Å². The number of halogens is 2. The van der Waals surface area contributed by atoms with Gasteiger partial charge in [-0.3, -0.25) is 15.1 Å². The molecule has 2 aromatic carbocycles. The highest BCUT2D eigenvalue weighted by molar-refractivity contribution is 6.09. The average molecular weight is 363 g/mol. The number of aromatic nitrogens is 1. The van der Waals surface area contributed by atoms with Crippen LogP contribution in [0.3, 0.4) is 0 Å². The van der Waals surface area contributed by atoms with Gasteiger partial charge in [-0.15, -0.1) is 0 Å². The van der Waals surface area contributed by atoms with Crippen LogP contribution in [0, 0.1) is 17.7 Å². The predicted octanol–water partition coefficient (Wildman–Crippen LogP) is 2.52. The van der Waals surface area contributed by atoms with Crippen LogP contribution in [-0.2, 0) is 10.3 Å². The number of hydrogen-bond acceptors (Lipinski definition) is 4. The number of hydrogen-bond donors (Lipinski definition) is 2. The third-order valence-corrected chi connectivity index (χ3v) is 4.39. The van der Waals surface area contributed by atoms with Gasteiger partial charge in [0.1, 0.15) is 11.6 Å². The summed E-state index contributed by atoms with van der Waals surface area (Å²) < 4.78 is 28.0. The van der Waals surface area contributed by atoms with Crippen LogP contribution in [0.25, 0.3) is 11.1 Å². The minimum Gasteiger partial charge on any atom is -0.370 e. The Morgan fingerprint density at radius 1 is 1.04 bits per heavy atom. The van der Waals surface area contributed by atoms with Crippen molar-refractivity contribution < 1.29 is 13.6 Å². The number of benzene rings is 2. The SMILES string of the molecule is NC1=NC(c2cc[c]cc2)(c2ccc(F)c(-c3cncc(F)c3)c2)C(=O)N1. The summed E-state index contributed by atoms with van der Waals surface area (Å²) in [5.74, 6) is -1.66. The van der Waals surface area contributed by atoms with Gasteiger partial charge in [-0.1, -0.05) is 30.3 Å². The fraction of sp³-hybridized carbons (Fsp3) is 0.0500. The number of nitrogens with one attached hydrogen (secondary N) is 1. The third-order valence-electron chi connectivity index (χ3n) is 4.39. The Hall–Kier alpha value is -3.61. The molecule has 0 aliphatic carbocycles. The highest BCUT2D eigenvalue weighted by atomic mass is 19.1. The van der Waals surface area contributed by atoms with Crippen molar-refractivity contribution in [2.45, 2.75) is 5.54 Å². The van der Waals surface area contributed by atoms with Gasteiger partial charge in [-0.05, 0) is 35.4 Å². The molecule has 0 spiro atoms. The van der Waals surface area contributed by atoms with Gasteiger partial charge in [-0.25, -0.2) is 13.8 Å². The maximum absolute atomic E-state index is 14.5. The van der Waals surface area contributed by atoms with Crippen LogP contribution in [-0.4, -0.2) is 16.9 Å². The van der Waals surface area contributed by atoms with Gasteiger partial charge in [0.25, 0.3) is 5.91 Å². The molecule has 4 rings (SSSR count). The fourth-order valence-electron chi connectivity index (χ4n) is 3.18. The van der Waals surface area contributed by atoms with Gasteiger partial charge in [0, 0.05) is 17.3 Å². The maximum atomic E-state index is 14.5. The molecule has 0 saturated carbocycles. The molecular weight excluding hydrogens is 350 g/mol. The smallest absolute Gasteiger partial charge is 0.263 e. The normalized spacial score (nSPS) is 18.9. The zero-order chi connectivity index (χ0) is 19.0. The number of nitrogens with zero attached hydrogens (tertiary/aromatic N) is 2. The molecule has 3 N–H and O–H groups in total. The average Bonchev–Trinajstić information content (AvgIpc) is 2.98. The molecule has 5 nitrogen and oxygen atoms in total. The summed E-state index contributed by atoms with van der Waals surface area (Å²) in [6, 6.07) is 14.9. The first-order chi connectivity index (χ1) is 13.0. The second-order valence-corrected chi connectivity index (χ2v) is 6.04. The van der Waals surface area contributed by atoms with Crippen molar-refractivity contribution in [3.63, 3.8) is 0 Å². The molecule has 2 heterocycles. The maximum Gasteiger partial charge on any atom is 0.263 e. The molecule has 133 valence electrons. The number of carbonyl (C=O) groups excluding carboxylic acids is 1. The molecule has 0 fully saturated rings. The van der Waals surface area contributed by atoms with Crippen LogP contribution in [0.2, 0.25) is 0 Å². The van der Waals surface area contributed by atoms with Crippen molar-refractivity contribution in [1.82, 2.24) is 10.3 Å².